The van der Waals surface area contributed by atoms with Crippen LogP contribution in [-0.4, -0.2) is 24.8 Å². The van der Waals surface area contributed by atoms with Crippen LogP contribution in [0.1, 0.15) is 38.2 Å². The highest BCUT2D eigenvalue weighted by Gasteiger charge is 2.51. The minimum atomic E-state index is -3.36. The first-order chi connectivity index (χ1) is 9.44. The van der Waals surface area contributed by atoms with Crippen molar-refractivity contribution in [3.63, 3.8) is 0 Å². The van der Waals surface area contributed by atoms with E-state index in [0.717, 1.165) is 31.2 Å². The van der Waals surface area contributed by atoms with Crippen LogP contribution in [-0.2, 0) is 10.0 Å². The summed E-state index contributed by atoms with van der Waals surface area (Å²) in [6.07, 6.45) is 6.32. The number of benzene rings is 1. The molecule has 0 spiro atoms. The summed E-state index contributed by atoms with van der Waals surface area (Å²) in [5, 5.41) is 0. The van der Waals surface area contributed by atoms with Gasteiger partial charge in [-0.3, -0.25) is 0 Å². The Hall–Kier alpha value is -0.870. The Balaban J connectivity index is 1.97. The second-order valence-corrected chi connectivity index (χ2v) is 8.16. The molecule has 1 heterocycles. The molecule has 20 heavy (non-hydrogen) atoms. The normalized spacial score (nSPS) is 31.2. The molecule has 0 N–H and O–H groups in total. The molecule has 2 aliphatic rings. The van der Waals surface area contributed by atoms with Gasteiger partial charge < -0.3 is 0 Å². The highest BCUT2D eigenvalue weighted by molar-refractivity contribution is 7.89. The zero-order valence-corrected chi connectivity index (χ0v) is 13.0. The second-order valence-electron chi connectivity index (χ2n) is 6.30. The van der Waals surface area contributed by atoms with E-state index in [1.165, 1.54) is 0 Å². The summed E-state index contributed by atoms with van der Waals surface area (Å²) >= 11 is 0. The fraction of sp³-hybridized carbons (Fsp3) is 0.562. The van der Waals surface area contributed by atoms with Crippen molar-refractivity contribution in [3.8, 4) is 0 Å². The zero-order valence-electron chi connectivity index (χ0n) is 12.2. The van der Waals surface area contributed by atoms with Crippen LogP contribution in [0, 0.1) is 19.3 Å². The number of rotatable bonds is 2. The number of nitrogens with zero attached hydrogens (tertiary/aromatic N) is 1. The molecule has 3 nitrogen and oxygen atoms in total. The van der Waals surface area contributed by atoms with Crippen molar-refractivity contribution >= 4 is 10.0 Å². The quantitative estimate of drug-likeness (QED) is 0.839. The van der Waals surface area contributed by atoms with Crippen molar-refractivity contribution < 1.29 is 8.42 Å². The lowest BCUT2D eigenvalue weighted by atomic mass is 9.75. The maximum atomic E-state index is 12.9. The third-order valence-electron chi connectivity index (χ3n) is 5.04. The van der Waals surface area contributed by atoms with E-state index in [-0.39, 0.29) is 5.54 Å². The van der Waals surface area contributed by atoms with Gasteiger partial charge in [0.25, 0.3) is 0 Å². The Bertz CT molecular complexity index is 593. The highest BCUT2D eigenvalue weighted by Crippen LogP contribution is 2.47. The van der Waals surface area contributed by atoms with Gasteiger partial charge in [0.1, 0.15) is 0 Å². The summed E-state index contributed by atoms with van der Waals surface area (Å²) in [5.74, 6) is 0.483. The Labute approximate surface area is 122 Å². The van der Waals surface area contributed by atoms with Crippen molar-refractivity contribution in [1.29, 1.82) is 0 Å². The van der Waals surface area contributed by atoms with Crippen LogP contribution in [0.3, 0.4) is 0 Å². The van der Waals surface area contributed by atoms with Crippen LogP contribution < -0.4 is 0 Å². The van der Waals surface area contributed by atoms with E-state index in [1.54, 1.807) is 16.4 Å². The van der Waals surface area contributed by atoms with Gasteiger partial charge in [0.2, 0.25) is 10.0 Å². The summed E-state index contributed by atoms with van der Waals surface area (Å²) in [6.45, 7) is 4.76. The Kier molecular flexibility index (Phi) is 3.41. The smallest absolute Gasteiger partial charge is 0.207 e. The molecule has 1 radical (unpaired) electrons. The van der Waals surface area contributed by atoms with E-state index in [4.69, 9.17) is 0 Å². The first kappa shape index (κ1) is 14.1. The van der Waals surface area contributed by atoms with Crippen molar-refractivity contribution in [3.05, 3.63) is 36.2 Å². The fourth-order valence-electron chi connectivity index (χ4n) is 3.69. The first-order valence-corrected chi connectivity index (χ1v) is 8.80. The molecule has 2 fully saturated rings. The molecule has 109 valence electrons. The van der Waals surface area contributed by atoms with E-state index >= 15 is 0 Å². The predicted molar refractivity (Wildman–Crippen MR) is 79.7 cm³/mol. The van der Waals surface area contributed by atoms with Gasteiger partial charge >= 0.3 is 0 Å². The van der Waals surface area contributed by atoms with E-state index in [0.29, 0.717) is 17.4 Å². The molecule has 2 atom stereocenters. The number of hydrogen-bond acceptors (Lipinski definition) is 2. The van der Waals surface area contributed by atoms with Crippen LogP contribution in [0.25, 0.3) is 0 Å². The summed E-state index contributed by atoms with van der Waals surface area (Å²) in [5.41, 5.74) is 0.889. The number of hydrogen-bond donors (Lipinski definition) is 0. The van der Waals surface area contributed by atoms with Gasteiger partial charge in [-0.2, -0.15) is 4.31 Å². The van der Waals surface area contributed by atoms with Gasteiger partial charge in [0, 0.05) is 12.1 Å². The van der Waals surface area contributed by atoms with Crippen LogP contribution in [0.2, 0.25) is 0 Å². The molecule has 0 amide bonds. The van der Waals surface area contributed by atoms with E-state index in [1.807, 2.05) is 19.1 Å². The predicted octanol–water partition coefficient (Wildman–Crippen LogP) is 3.15. The summed E-state index contributed by atoms with van der Waals surface area (Å²) in [6, 6.07) is 7.21. The SMILES string of the molecule is Cc1ccc(S(=O)(=O)N2CC[C@@H]3C[CH]CC[C@@]32C)cc1. The lowest BCUT2D eigenvalue weighted by molar-refractivity contribution is 0.168. The molecular formula is C16H22NO2S. The van der Waals surface area contributed by atoms with E-state index < -0.39 is 10.0 Å². The van der Waals surface area contributed by atoms with Gasteiger partial charge in [-0.15, -0.1) is 0 Å². The van der Waals surface area contributed by atoms with Crippen LogP contribution in [0.5, 0.6) is 0 Å². The molecular weight excluding hydrogens is 270 g/mol. The monoisotopic (exact) mass is 292 g/mol. The maximum Gasteiger partial charge on any atom is 0.243 e. The van der Waals surface area contributed by atoms with Gasteiger partial charge in [-0.25, -0.2) is 8.42 Å². The highest BCUT2D eigenvalue weighted by atomic mass is 32.2. The van der Waals surface area contributed by atoms with Crippen LogP contribution in [0.4, 0.5) is 0 Å². The molecule has 1 aliphatic carbocycles. The largest absolute Gasteiger partial charge is 0.243 e. The van der Waals surface area contributed by atoms with Crippen molar-refractivity contribution in [2.75, 3.05) is 6.54 Å². The Morgan fingerprint density at radius 3 is 2.65 bits per heavy atom. The Morgan fingerprint density at radius 1 is 1.25 bits per heavy atom. The number of fused-ring (bicyclic) bond motifs is 1. The van der Waals surface area contributed by atoms with Crippen molar-refractivity contribution in [2.24, 2.45) is 5.92 Å². The van der Waals surface area contributed by atoms with Gasteiger partial charge in [-0.1, -0.05) is 17.7 Å². The molecule has 1 aliphatic heterocycles. The molecule has 3 rings (SSSR count). The molecule has 1 aromatic rings. The third-order valence-corrected chi connectivity index (χ3v) is 7.09. The van der Waals surface area contributed by atoms with Crippen LogP contribution in [0.15, 0.2) is 29.2 Å². The number of aryl methyl sites for hydroxylation is 1. The third kappa shape index (κ3) is 2.09. The topological polar surface area (TPSA) is 37.4 Å². The standard InChI is InChI=1S/C16H22NO2S/c1-13-6-8-15(9-7-13)20(18,19)17-12-10-14-5-3-4-11-16(14,17)2/h3,6-9,14H,4-5,10-12H2,1-2H3/t14-,16-/m0/s1. The van der Waals surface area contributed by atoms with E-state index in [2.05, 4.69) is 13.3 Å². The molecule has 1 saturated carbocycles. The first-order valence-electron chi connectivity index (χ1n) is 7.36. The molecule has 1 aromatic carbocycles. The number of sulfonamides is 1. The van der Waals surface area contributed by atoms with Gasteiger partial charge in [-0.05, 0) is 64.0 Å². The van der Waals surface area contributed by atoms with Crippen molar-refractivity contribution in [2.45, 2.75) is 50.0 Å². The van der Waals surface area contributed by atoms with Gasteiger partial charge in [0.05, 0.1) is 4.90 Å². The minimum Gasteiger partial charge on any atom is -0.207 e. The molecule has 4 heteroatoms. The Morgan fingerprint density at radius 2 is 1.95 bits per heavy atom. The summed E-state index contributed by atoms with van der Waals surface area (Å²) < 4.78 is 27.6. The lowest BCUT2D eigenvalue weighted by Gasteiger charge is -2.41. The molecule has 0 aromatic heterocycles. The lowest BCUT2D eigenvalue weighted by Crippen LogP contribution is -2.49. The van der Waals surface area contributed by atoms with Gasteiger partial charge in [0.15, 0.2) is 0 Å². The molecule has 0 unspecified atom stereocenters. The second kappa shape index (κ2) is 4.85. The minimum absolute atomic E-state index is 0.196. The van der Waals surface area contributed by atoms with Crippen LogP contribution >= 0.6 is 0 Å². The summed E-state index contributed by atoms with van der Waals surface area (Å²) in [7, 11) is -3.36. The molecule has 0 bridgehead atoms. The average Bonchev–Trinajstić information content (AvgIpc) is 2.77. The summed E-state index contributed by atoms with van der Waals surface area (Å²) in [4.78, 5) is 0.430. The fourth-order valence-corrected chi connectivity index (χ4v) is 5.56. The average molecular weight is 292 g/mol. The van der Waals surface area contributed by atoms with E-state index in [9.17, 15) is 8.42 Å². The zero-order chi connectivity index (χ0) is 14.4. The maximum absolute atomic E-state index is 12.9. The molecule has 1 saturated heterocycles. The van der Waals surface area contributed by atoms with Crippen molar-refractivity contribution in [1.82, 2.24) is 4.31 Å².